The Morgan fingerprint density at radius 2 is 1.82 bits per heavy atom. The lowest BCUT2D eigenvalue weighted by Crippen LogP contribution is -1.88. The van der Waals surface area contributed by atoms with Gasteiger partial charge in [-0.1, -0.05) is 11.6 Å². The maximum atomic E-state index is 5.88. The Kier molecular flexibility index (Phi) is 2.65. The summed E-state index contributed by atoms with van der Waals surface area (Å²) in [6.45, 7) is 0. The molecule has 4 heteroatoms. The predicted octanol–water partition coefficient (Wildman–Crippen LogP) is 4.42. The van der Waals surface area contributed by atoms with E-state index >= 15 is 0 Å². The van der Waals surface area contributed by atoms with Crippen molar-refractivity contribution in [3.8, 4) is 11.4 Å². The van der Waals surface area contributed by atoms with E-state index in [1.165, 1.54) is 0 Å². The molecule has 2 nitrogen and oxygen atoms in total. The zero-order chi connectivity index (χ0) is 11.8. The molecule has 0 unspecified atom stereocenters. The molecule has 84 valence electrons. The average molecular weight is 308 g/mol. The van der Waals surface area contributed by atoms with Gasteiger partial charge in [0.1, 0.15) is 5.82 Å². The summed E-state index contributed by atoms with van der Waals surface area (Å²) in [5.74, 6) is 0.915. The van der Waals surface area contributed by atoms with Crippen LogP contribution in [0.2, 0.25) is 5.02 Å². The van der Waals surface area contributed by atoms with Crippen molar-refractivity contribution in [3.05, 3.63) is 58.3 Å². The van der Waals surface area contributed by atoms with E-state index in [4.69, 9.17) is 11.6 Å². The first-order chi connectivity index (χ1) is 8.24. The number of pyridine rings is 1. The minimum Gasteiger partial charge on any atom is -0.299 e. The Morgan fingerprint density at radius 3 is 2.59 bits per heavy atom. The highest BCUT2D eigenvalue weighted by Crippen LogP contribution is 2.23. The number of imidazole rings is 1. The van der Waals surface area contributed by atoms with E-state index in [2.05, 4.69) is 20.9 Å². The maximum Gasteiger partial charge on any atom is 0.144 e. The van der Waals surface area contributed by atoms with Crippen LogP contribution in [-0.4, -0.2) is 9.38 Å². The van der Waals surface area contributed by atoms with E-state index in [-0.39, 0.29) is 0 Å². The Labute approximate surface area is 112 Å². The van der Waals surface area contributed by atoms with Gasteiger partial charge in [-0.25, -0.2) is 4.98 Å². The summed E-state index contributed by atoms with van der Waals surface area (Å²) >= 11 is 9.35. The summed E-state index contributed by atoms with van der Waals surface area (Å²) in [4.78, 5) is 4.44. The number of rotatable bonds is 1. The van der Waals surface area contributed by atoms with Crippen LogP contribution in [0.4, 0.5) is 0 Å². The van der Waals surface area contributed by atoms with Gasteiger partial charge in [0.25, 0.3) is 0 Å². The molecular formula is C13H8BrClN2. The second kappa shape index (κ2) is 4.17. The van der Waals surface area contributed by atoms with E-state index in [0.29, 0.717) is 0 Å². The second-order valence-corrected chi connectivity index (χ2v) is 5.08. The van der Waals surface area contributed by atoms with Gasteiger partial charge in [-0.05, 0) is 52.3 Å². The fourth-order valence-electron chi connectivity index (χ4n) is 1.78. The van der Waals surface area contributed by atoms with Crippen molar-refractivity contribution in [2.45, 2.75) is 0 Å². The summed E-state index contributed by atoms with van der Waals surface area (Å²) in [5.41, 5.74) is 2.12. The smallest absolute Gasteiger partial charge is 0.144 e. The molecule has 2 heterocycles. The molecule has 0 saturated heterocycles. The van der Waals surface area contributed by atoms with Gasteiger partial charge < -0.3 is 0 Å². The minimum absolute atomic E-state index is 0.732. The van der Waals surface area contributed by atoms with Gasteiger partial charge in [0.05, 0.1) is 11.7 Å². The highest BCUT2D eigenvalue weighted by atomic mass is 79.9. The fraction of sp³-hybridized carbons (Fsp3) is 0. The second-order valence-electron chi connectivity index (χ2n) is 3.73. The third-order valence-electron chi connectivity index (χ3n) is 2.59. The van der Waals surface area contributed by atoms with Gasteiger partial charge >= 0.3 is 0 Å². The van der Waals surface area contributed by atoms with Crippen LogP contribution in [0.15, 0.2) is 53.3 Å². The molecular weight excluding hydrogens is 300 g/mol. The van der Waals surface area contributed by atoms with Gasteiger partial charge in [0.15, 0.2) is 0 Å². The van der Waals surface area contributed by atoms with Gasteiger partial charge in [0, 0.05) is 21.3 Å². The molecule has 0 atom stereocenters. The van der Waals surface area contributed by atoms with Crippen LogP contribution in [0.1, 0.15) is 0 Å². The molecule has 0 bridgehead atoms. The van der Waals surface area contributed by atoms with Crippen molar-refractivity contribution in [2.24, 2.45) is 0 Å². The van der Waals surface area contributed by atoms with Gasteiger partial charge in [-0.15, -0.1) is 0 Å². The third-order valence-corrected chi connectivity index (χ3v) is 3.31. The number of fused-ring (bicyclic) bond motifs is 1. The molecule has 0 fully saturated rings. The van der Waals surface area contributed by atoms with Crippen LogP contribution in [-0.2, 0) is 0 Å². The van der Waals surface area contributed by atoms with Crippen LogP contribution >= 0.6 is 27.5 Å². The lowest BCUT2D eigenvalue weighted by molar-refractivity contribution is 1.15. The van der Waals surface area contributed by atoms with Crippen LogP contribution in [0.5, 0.6) is 0 Å². The maximum absolute atomic E-state index is 5.88. The first-order valence-corrected chi connectivity index (χ1v) is 6.30. The highest BCUT2D eigenvalue weighted by Gasteiger charge is 2.06. The SMILES string of the molecule is Clc1ccc(-c2ncc3ccc(Br)cn23)cc1. The molecule has 0 spiro atoms. The third kappa shape index (κ3) is 1.96. The van der Waals surface area contributed by atoms with E-state index < -0.39 is 0 Å². The molecule has 0 N–H and O–H groups in total. The Balaban J connectivity index is 2.23. The number of hydrogen-bond donors (Lipinski definition) is 0. The molecule has 1 aromatic carbocycles. The van der Waals surface area contributed by atoms with Crippen molar-refractivity contribution in [3.63, 3.8) is 0 Å². The quantitative estimate of drug-likeness (QED) is 0.650. The molecule has 0 saturated carbocycles. The first-order valence-electron chi connectivity index (χ1n) is 5.12. The van der Waals surface area contributed by atoms with E-state index in [1.807, 2.05) is 53.2 Å². The van der Waals surface area contributed by atoms with Crippen molar-refractivity contribution in [1.29, 1.82) is 0 Å². The summed E-state index contributed by atoms with van der Waals surface area (Å²) in [5, 5.41) is 0.732. The lowest BCUT2D eigenvalue weighted by atomic mass is 10.2. The topological polar surface area (TPSA) is 17.3 Å². The van der Waals surface area contributed by atoms with Crippen molar-refractivity contribution < 1.29 is 0 Å². The fourth-order valence-corrected chi connectivity index (χ4v) is 2.24. The summed E-state index contributed by atoms with van der Waals surface area (Å²) in [6.07, 6.45) is 3.86. The molecule has 2 aromatic heterocycles. The zero-order valence-corrected chi connectivity index (χ0v) is 11.1. The molecule has 3 rings (SSSR count). The van der Waals surface area contributed by atoms with Gasteiger partial charge in [0.2, 0.25) is 0 Å². The Morgan fingerprint density at radius 1 is 1.06 bits per heavy atom. The van der Waals surface area contributed by atoms with Crippen molar-refractivity contribution >= 4 is 33.0 Å². The number of benzene rings is 1. The minimum atomic E-state index is 0.732. The largest absolute Gasteiger partial charge is 0.299 e. The highest BCUT2D eigenvalue weighted by molar-refractivity contribution is 9.10. The van der Waals surface area contributed by atoms with Crippen molar-refractivity contribution in [1.82, 2.24) is 9.38 Å². The van der Waals surface area contributed by atoms with Crippen LogP contribution in [0.25, 0.3) is 16.9 Å². The Hall–Kier alpha value is -1.32. The Bertz CT molecular complexity index is 673. The van der Waals surface area contributed by atoms with Crippen LogP contribution in [0, 0.1) is 0 Å². The average Bonchev–Trinajstić information content (AvgIpc) is 2.73. The van der Waals surface area contributed by atoms with E-state index in [0.717, 1.165) is 26.4 Å². The predicted molar refractivity (Wildman–Crippen MR) is 73.3 cm³/mol. The monoisotopic (exact) mass is 306 g/mol. The van der Waals surface area contributed by atoms with E-state index in [1.54, 1.807) is 0 Å². The zero-order valence-electron chi connectivity index (χ0n) is 8.77. The first kappa shape index (κ1) is 10.8. The standard InChI is InChI=1S/C13H8BrClN2/c14-10-3-6-12-7-16-13(17(12)8-10)9-1-4-11(15)5-2-9/h1-8H. The molecule has 0 aliphatic carbocycles. The van der Waals surface area contributed by atoms with E-state index in [9.17, 15) is 0 Å². The molecule has 0 radical (unpaired) electrons. The lowest BCUT2D eigenvalue weighted by Gasteiger charge is -2.02. The molecule has 17 heavy (non-hydrogen) atoms. The molecule has 3 aromatic rings. The summed E-state index contributed by atoms with van der Waals surface area (Å²) in [6, 6.07) is 11.7. The number of hydrogen-bond acceptors (Lipinski definition) is 1. The van der Waals surface area contributed by atoms with Gasteiger partial charge in [-0.3, -0.25) is 4.40 Å². The van der Waals surface area contributed by atoms with Crippen LogP contribution < -0.4 is 0 Å². The van der Waals surface area contributed by atoms with Crippen LogP contribution in [0.3, 0.4) is 0 Å². The number of halogens is 2. The molecule has 0 amide bonds. The number of nitrogens with zero attached hydrogens (tertiary/aromatic N) is 2. The van der Waals surface area contributed by atoms with Gasteiger partial charge in [-0.2, -0.15) is 0 Å². The summed E-state index contributed by atoms with van der Waals surface area (Å²) in [7, 11) is 0. The normalized spacial score (nSPS) is 10.9. The number of aromatic nitrogens is 2. The summed E-state index contributed by atoms with van der Waals surface area (Å²) < 4.78 is 3.08. The van der Waals surface area contributed by atoms with Crippen molar-refractivity contribution in [2.75, 3.05) is 0 Å². The molecule has 0 aliphatic heterocycles. The molecule has 0 aliphatic rings.